The lowest BCUT2D eigenvalue weighted by molar-refractivity contribution is -0.122. The van der Waals surface area contributed by atoms with Gasteiger partial charge in [-0.15, -0.1) is 0 Å². The number of benzene rings is 2. The van der Waals surface area contributed by atoms with Crippen LogP contribution >= 0.6 is 0 Å². The second-order valence-electron chi connectivity index (χ2n) is 7.72. The van der Waals surface area contributed by atoms with Crippen molar-refractivity contribution in [2.45, 2.75) is 44.4 Å². The molecule has 3 nitrogen and oxygen atoms in total. The van der Waals surface area contributed by atoms with Gasteiger partial charge in [0.1, 0.15) is 11.6 Å². The minimum atomic E-state index is -0.264. The summed E-state index contributed by atoms with van der Waals surface area (Å²) in [5, 5.41) is 3.06. The summed E-state index contributed by atoms with van der Waals surface area (Å²) in [6.45, 7) is 4.77. The van der Waals surface area contributed by atoms with Crippen molar-refractivity contribution in [3.8, 4) is 0 Å². The van der Waals surface area contributed by atoms with E-state index in [1.165, 1.54) is 17.7 Å². The van der Waals surface area contributed by atoms with Crippen LogP contribution in [0.4, 0.5) is 4.39 Å². The molecule has 2 atom stereocenters. The zero-order valence-electron chi connectivity index (χ0n) is 17.0. The van der Waals surface area contributed by atoms with Crippen LogP contribution in [0, 0.1) is 5.82 Å². The average molecular weight is 394 g/mol. The maximum absolute atomic E-state index is 13.3. The third-order valence-corrected chi connectivity index (χ3v) is 5.72. The minimum absolute atomic E-state index is 0.0300. The van der Waals surface area contributed by atoms with E-state index in [1.807, 2.05) is 30.3 Å². The zero-order chi connectivity index (χ0) is 20.7. The van der Waals surface area contributed by atoms with Crippen LogP contribution in [0.5, 0.6) is 0 Å². The monoisotopic (exact) mass is 393 g/mol. The van der Waals surface area contributed by atoms with Crippen molar-refractivity contribution in [2.75, 3.05) is 6.54 Å². The standard InChI is InChI=1S/C25H28FNO2/c1-3-25(2,20-8-5-4-6-9-20)18-24(28)27-16-15-22(23-10-7-17-29-23)19-11-13-21(26)14-12-19/h4-14,17,22H,3,15-16,18H2,1-2H3,(H,27,28)/t22-,25+/m1/s1. The Morgan fingerprint density at radius 2 is 1.79 bits per heavy atom. The largest absolute Gasteiger partial charge is 0.469 e. The quantitative estimate of drug-likeness (QED) is 0.498. The maximum Gasteiger partial charge on any atom is 0.220 e. The van der Waals surface area contributed by atoms with Crippen molar-refractivity contribution < 1.29 is 13.6 Å². The molecule has 0 bridgehead atoms. The van der Waals surface area contributed by atoms with Gasteiger partial charge in [0.2, 0.25) is 5.91 Å². The summed E-state index contributed by atoms with van der Waals surface area (Å²) in [7, 11) is 0. The van der Waals surface area contributed by atoms with Gasteiger partial charge in [0.15, 0.2) is 0 Å². The van der Waals surface area contributed by atoms with Gasteiger partial charge in [0.05, 0.1) is 6.26 Å². The molecule has 1 heterocycles. The van der Waals surface area contributed by atoms with Crippen LogP contribution in [0.1, 0.15) is 55.9 Å². The number of amides is 1. The summed E-state index contributed by atoms with van der Waals surface area (Å²) in [5.74, 6) is 0.557. The molecule has 0 fully saturated rings. The molecule has 2 aromatic carbocycles. The first-order valence-corrected chi connectivity index (χ1v) is 10.1. The number of rotatable bonds is 9. The molecule has 1 aromatic heterocycles. The normalized spacial score (nSPS) is 14.2. The van der Waals surface area contributed by atoms with Crippen LogP contribution < -0.4 is 5.32 Å². The lowest BCUT2D eigenvalue weighted by Crippen LogP contribution is -2.33. The highest BCUT2D eigenvalue weighted by molar-refractivity contribution is 5.77. The number of furan rings is 1. The van der Waals surface area contributed by atoms with Crippen LogP contribution in [-0.4, -0.2) is 12.5 Å². The molecule has 3 rings (SSSR count). The fourth-order valence-electron chi connectivity index (χ4n) is 3.70. The first-order chi connectivity index (χ1) is 14.0. The highest BCUT2D eigenvalue weighted by Crippen LogP contribution is 2.31. The molecule has 0 saturated carbocycles. The Kier molecular flexibility index (Phi) is 6.86. The first kappa shape index (κ1) is 20.8. The van der Waals surface area contributed by atoms with E-state index in [9.17, 15) is 9.18 Å². The Morgan fingerprint density at radius 1 is 1.07 bits per heavy atom. The van der Waals surface area contributed by atoms with Crippen LogP contribution in [0.2, 0.25) is 0 Å². The van der Waals surface area contributed by atoms with Gasteiger partial charge in [0.25, 0.3) is 0 Å². The lowest BCUT2D eigenvalue weighted by Gasteiger charge is -2.28. The maximum atomic E-state index is 13.3. The number of carbonyl (C=O) groups excluding carboxylic acids is 1. The smallest absolute Gasteiger partial charge is 0.220 e. The van der Waals surface area contributed by atoms with E-state index in [0.29, 0.717) is 19.4 Å². The van der Waals surface area contributed by atoms with E-state index < -0.39 is 0 Å². The fraction of sp³-hybridized carbons (Fsp3) is 0.320. The summed E-state index contributed by atoms with van der Waals surface area (Å²) in [6, 6.07) is 20.4. The topological polar surface area (TPSA) is 42.2 Å². The molecule has 0 spiro atoms. The Bertz CT molecular complexity index is 890. The van der Waals surface area contributed by atoms with Crippen LogP contribution in [-0.2, 0) is 10.2 Å². The van der Waals surface area contributed by atoms with Gasteiger partial charge >= 0.3 is 0 Å². The molecule has 1 amide bonds. The number of nitrogens with one attached hydrogen (secondary N) is 1. The van der Waals surface area contributed by atoms with E-state index >= 15 is 0 Å². The van der Waals surface area contributed by atoms with Gasteiger partial charge in [0, 0.05) is 24.3 Å². The zero-order valence-corrected chi connectivity index (χ0v) is 17.0. The SMILES string of the molecule is CC[C@@](C)(CC(=O)NCC[C@H](c1ccc(F)cc1)c1ccco1)c1ccccc1. The van der Waals surface area contributed by atoms with Gasteiger partial charge in [-0.25, -0.2) is 4.39 Å². The molecule has 0 radical (unpaired) electrons. The van der Waals surface area contributed by atoms with Gasteiger partial charge in [-0.2, -0.15) is 0 Å². The van der Waals surface area contributed by atoms with Crippen molar-refractivity contribution in [2.24, 2.45) is 0 Å². The molecule has 0 unspecified atom stereocenters. The van der Waals surface area contributed by atoms with Crippen LogP contribution in [0.25, 0.3) is 0 Å². The molecular weight excluding hydrogens is 365 g/mol. The van der Waals surface area contributed by atoms with Crippen LogP contribution in [0.3, 0.4) is 0 Å². The van der Waals surface area contributed by atoms with E-state index in [2.05, 4.69) is 31.3 Å². The molecule has 29 heavy (non-hydrogen) atoms. The second kappa shape index (κ2) is 9.55. The number of carbonyl (C=O) groups is 1. The number of hydrogen-bond acceptors (Lipinski definition) is 2. The van der Waals surface area contributed by atoms with Gasteiger partial charge in [-0.1, -0.05) is 56.3 Å². The van der Waals surface area contributed by atoms with E-state index in [0.717, 1.165) is 17.7 Å². The van der Waals surface area contributed by atoms with Crippen LogP contribution in [0.15, 0.2) is 77.4 Å². The van der Waals surface area contributed by atoms with Crippen molar-refractivity contribution in [3.05, 3.63) is 95.7 Å². The Labute approximate surface area is 172 Å². The predicted molar refractivity (Wildman–Crippen MR) is 113 cm³/mol. The molecule has 0 saturated heterocycles. The third kappa shape index (κ3) is 5.35. The molecule has 0 aliphatic heterocycles. The van der Waals surface area contributed by atoms with E-state index in [-0.39, 0.29) is 23.1 Å². The number of hydrogen-bond donors (Lipinski definition) is 1. The molecule has 4 heteroatoms. The summed E-state index contributed by atoms with van der Waals surface area (Å²) in [4.78, 5) is 12.7. The second-order valence-corrected chi connectivity index (χ2v) is 7.72. The molecule has 152 valence electrons. The molecule has 1 N–H and O–H groups in total. The summed E-state index contributed by atoms with van der Waals surface area (Å²) in [6.07, 6.45) is 3.64. The van der Waals surface area contributed by atoms with Crippen molar-refractivity contribution in [1.29, 1.82) is 0 Å². The average Bonchev–Trinajstić information content (AvgIpc) is 3.27. The van der Waals surface area contributed by atoms with Gasteiger partial charge in [-0.05, 0) is 48.2 Å². The molecule has 0 aliphatic rings. The fourth-order valence-corrected chi connectivity index (χ4v) is 3.70. The summed E-state index contributed by atoms with van der Waals surface area (Å²) >= 11 is 0. The van der Waals surface area contributed by atoms with Crippen molar-refractivity contribution in [3.63, 3.8) is 0 Å². The molecule has 0 aliphatic carbocycles. The van der Waals surface area contributed by atoms with Gasteiger partial charge in [-0.3, -0.25) is 4.79 Å². The first-order valence-electron chi connectivity index (χ1n) is 10.1. The Balaban J connectivity index is 1.62. The third-order valence-electron chi connectivity index (χ3n) is 5.72. The minimum Gasteiger partial charge on any atom is -0.469 e. The summed E-state index contributed by atoms with van der Waals surface area (Å²) < 4.78 is 18.9. The number of halogens is 1. The summed E-state index contributed by atoms with van der Waals surface area (Å²) in [5.41, 5.74) is 1.96. The van der Waals surface area contributed by atoms with Gasteiger partial charge < -0.3 is 9.73 Å². The highest BCUT2D eigenvalue weighted by Gasteiger charge is 2.27. The molecule has 3 aromatic rings. The Morgan fingerprint density at radius 3 is 2.41 bits per heavy atom. The molecular formula is C25H28FNO2. The predicted octanol–water partition coefficient (Wildman–Crippen LogP) is 5.81. The lowest BCUT2D eigenvalue weighted by atomic mass is 9.77. The van der Waals surface area contributed by atoms with Crippen molar-refractivity contribution >= 4 is 5.91 Å². The van der Waals surface area contributed by atoms with Crippen molar-refractivity contribution in [1.82, 2.24) is 5.32 Å². The van der Waals surface area contributed by atoms with E-state index in [1.54, 1.807) is 18.4 Å². The Hall–Kier alpha value is -2.88. The van der Waals surface area contributed by atoms with E-state index in [4.69, 9.17) is 4.42 Å². The highest BCUT2D eigenvalue weighted by atomic mass is 19.1.